The molecule has 3 heterocycles. The normalized spacial score (nSPS) is 11.3. The van der Waals surface area contributed by atoms with E-state index in [-0.39, 0.29) is 0 Å². The van der Waals surface area contributed by atoms with Gasteiger partial charge in [-0.2, -0.15) is 0 Å². The van der Waals surface area contributed by atoms with Crippen molar-refractivity contribution in [1.29, 1.82) is 0 Å². The third kappa shape index (κ3) is 6.16. The third-order valence-corrected chi connectivity index (χ3v) is 7.00. The first-order valence-electron chi connectivity index (χ1n) is 10.4. The maximum atomic E-state index is 5.56. The number of nitrogens with two attached hydrogens (primary N) is 2. The second-order valence-corrected chi connectivity index (χ2v) is 9.80. The highest BCUT2D eigenvalue weighted by Gasteiger charge is 2.14. The molecule has 0 aliphatic carbocycles. The van der Waals surface area contributed by atoms with E-state index in [1.807, 2.05) is 12.4 Å². The number of hydrogen-bond donors (Lipinski definition) is 4. The Morgan fingerprint density at radius 2 is 1.17 bits per heavy atom. The van der Waals surface area contributed by atoms with Crippen molar-refractivity contribution in [2.45, 2.75) is 26.7 Å². The summed E-state index contributed by atoms with van der Waals surface area (Å²) in [6, 6.07) is 4.52. The molecule has 3 rings (SSSR count). The number of aromatic nitrogens is 2. The number of rotatable bonds is 12. The molecule has 0 atom stereocenters. The van der Waals surface area contributed by atoms with E-state index in [0.717, 1.165) is 50.4 Å². The summed E-state index contributed by atoms with van der Waals surface area (Å²) in [7, 11) is 0. The summed E-state index contributed by atoms with van der Waals surface area (Å²) < 4.78 is 0. The first-order valence-corrected chi connectivity index (χ1v) is 12.1. The predicted molar refractivity (Wildman–Crippen MR) is 129 cm³/mol. The molecule has 0 aliphatic rings. The highest BCUT2D eigenvalue weighted by Crippen LogP contribution is 2.34. The molecule has 0 unspecified atom stereocenters. The van der Waals surface area contributed by atoms with Crippen LogP contribution in [0.5, 0.6) is 0 Å². The van der Waals surface area contributed by atoms with Gasteiger partial charge in [-0.15, -0.1) is 22.7 Å². The summed E-state index contributed by atoms with van der Waals surface area (Å²) >= 11 is 3.57. The Hall–Kier alpha value is -1.68. The number of nitrogens with one attached hydrogen (secondary N) is 2. The van der Waals surface area contributed by atoms with Crippen LogP contribution in [0.3, 0.4) is 0 Å². The SMILES string of the molecule is Cc1cc(CCNCCN)c(-c2cnc(-c3sc(C)cc3CCNCCN)cn2)s1. The van der Waals surface area contributed by atoms with Gasteiger partial charge < -0.3 is 22.1 Å². The fourth-order valence-electron chi connectivity index (χ4n) is 3.40. The van der Waals surface area contributed by atoms with Crippen molar-refractivity contribution in [3.8, 4) is 21.1 Å². The number of thiophene rings is 2. The topological polar surface area (TPSA) is 102 Å². The summed E-state index contributed by atoms with van der Waals surface area (Å²) in [5.74, 6) is 0. The van der Waals surface area contributed by atoms with Crippen LogP contribution in [0.1, 0.15) is 20.9 Å². The molecule has 162 valence electrons. The fourth-order valence-corrected chi connectivity index (χ4v) is 5.45. The molecule has 6 nitrogen and oxygen atoms in total. The molecule has 0 fully saturated rings. The lowest BCUT2D eigenvalue weighted by Gasteiger charge is -2.07. The molecule has 0 bridgehead atoms. The van der Waals surface area contributed by atoms with Crippen molar-refractivity contribution < 1.29 is 0 Å². The monoisotopic (exact) mass is 444 g/mol. The van der Waals surface area contributed by atoms with Crippen LogP contribution in [-0.2, 0) is 12.8 Å². The van der Waals surface area contributed by atoms with Gasteiger partial charge in [-0.25, -0.2) is 0 Å². The Balaban J connectivity index is 1.75. The van der Waals surface area contributed by atoms with Gasteiger partial charge in [-0.05, 0) is 63.0 Å². The van der Waals surface area contributed by atoms with E-state index in [1.54, 1.807) is 22.7 Å². The number of hydrogen-bond acceptors (Lipinski definition) is 8. The molecular formula is C22H32N6S2. The minimum atomic E-state index is 0.662. The Labute approximate surface area is 187 Å². The molecule has 0 aliphatic heterocycles. The summed E-state index contributed by atoms with van der Waals surface area (Å²) in [5.41, 5.74) is 15.7. The first kappa shape index (κ1) is 23.0. The summed E-state index contributed by atoms with van der Waals surface area (Å²) in [5, 5.41) is 6.74. The molecule has 6 N–H and O–H groups in total. The van der Waals surface area contributed by atoms with E-state index in [1.165, 1.54) is 30.6 Å². The van der Waals surface area contributed by atoms with Gasteiger partial charge in [0.2, 0.25) is 0 Å². The molecule has 0 amide bonds. The molecule has 0 aromatic carbocycles. The predicted octanol–water partition coefficient (Wildman–Crippen LogP) is 2.73. The van der Waals surface area contributed by atoms with Crippen molar-refractivity contribution >= 4 is 22.7 Å². The minimum Gasteiger partial charge on any atom is -0.329 e. The summed E-state index contributed by atoms with van der Waals surface area (Å²) in [6.45, 7) is 9.14. The lowest BCUT2D eigenvalue weighted by molar-refractivity contribution is 0.689. The van der Waals surface area contributed by atoms with Gasteiger partial charge >= 0.3 is 0 Å². The van der Waals surface area contributed by atoms with Crippen molar-refractivity contribution in [3.63, 3.8) is 0 Å². The van der Waals surface area contributed by atoms with Crippen LogP contribution < -0.4 is 22.1 Å². The van der Waals surface area contributed by atoms with Crippen LogP contribution in [0, 0.1) is 13.8 Å². The minimum absolute atomic E-state index is 0.662. The van der Waals surface area contributed by atoms with Gasteiger partial charge in [0.1, 0.15) is 0 Å². The molecule has 3 aromatic rings. The van der Waals surface area contributed by atoms with E-state index in [9.17, 15) is 0 Å². The quantitative estimate of drug-likeness (QED) is 0.320. The molecule has 0 spiro atoms. The van der Waals surface area contributed by atoms with Crippen LogP contribution in [-0.4, -0.2) is 49.2 Å². The lowest BCUT2D eigenvalue weighted by atomic mass is 10.1. The average molecular weight is 445 g/mol. The summed E-state index contributed by atoms with van der Waals surface area (Å²) in [4.78, 5) is 14.6. The summed E-state index contributed by atoms with van der Waals surface area (Å²) in [6.07, 6.45) is 5.77. The van der Waals surface area contributed by atoms with Crippen LogP contribution >= 0.6 is 22.7 Å². The Morgan fingerprint density at radius 3 is 1.53 bits per heavy atom. The Bertz CT molecular complexity index is 841. The average Bonchev–Trinajstić information content (AvgIpc) is 3.31. The smallest absolute Gasteiger partial charge is 0.0988 e. The fraction of sp³-hybridized carbons (Fsp3) is 0.455. The second-order valence-electron chi connectivity index (χ2n) is 7.29. The largest absolute Gasteiger partial charge is 0.329 e. The number of aryl methyl sites for hydroxylation is 2. The van der Waals surface area contributed by atoms with Crippen molar-refractivity contribution in [2.75, 3.05) is 39.3 Å². The molecule has 0 saturated heterocycles. The second kappa shape index (κ2) is 11.6. The first-order chi connectivity index (χ1) is 14.6. The lowest BCUT2D eigenvalue weighted by Crippen LogP contribution is -2.24. The van der Waals surface area contributed by atoms with E-state index in [4.69, 9.17) is 21.4 Å². The maximum absolute atomic E-state index is 5.56. The maximum Gasteiger partial charge on any atom is 0.0988 e. The Kier molecular flexibility index (Phi) is 8.92. The molecule has 0 saturated carbocycles. The van der Waals surface area contributed by atoms with Crippen LogP contribution in [0.15, 0.2) is 24.5 Å². The van der Waals surface area contributed by atoms with Crippen molar-refractivity contribution in [2.24, 2.45) is 11.5 Å². The zero-order valence-corrected chi connectivity index (χ0v) is 19.5. The molecular weight excluding hydrogens is 412 g/mol. The van der Waals surface area contributed by atoms with Gasteiger partial charge in [0.25, 0.3) is 0 Å². The van der Waals surface area contributed by atoms with Crippen LogP contribution in [0.2, 0.25) is 0 Å². The molecule has 0 radical (unpaired) electrons. The van der Waals surface area contributed by atoms with Crippen LogP contribution in [0.4, 0.5) is 0 Å². The molecule has 8 heteroatoms. The third-order valence-electron chi connectivity index (χ3n) is 4.77. The number of nitrogens with zero attached hydrogens (tertiary/aromatic N) is 2. The van der Waals surface area contributed by atoms with Crippen molar-refractivity contribution in [1.82, 2.24) is 20.6 Å². The molecule has 30 heavy (non-hydrogen) atoms. The highest BCUT2D eigenvalue weighted by atomic mass is 32.1. The highest BCUT2D eigenvalue weighted by molar-refractivity contribution is 7.16. The van der Waals surface area contributed by atoms with Gasteiger partial charge in [0.05, 0.1) is 33.5 Å². The van der Waals surface area contributed by atoms with E-state index in [0.29, 0.717) is 13.1 Å². The standard InChI is InChI=1S/C22H32N6S2/c1-15-11-17(3-7-25-9-5-23)21(29-15)19-13-28-20(14-27-19)22-18(12-16(2)30-22)4-8-26-10-6-24/h11-14,25-26H,3-10,23-24H2,1-2H3. The van der Waals surface area contributed by atoms with Gasteiger partial charge in [0.15, 0.2) is 0 Å². The van der Waals surface area contributed by atoms with E-state index >= 15 is 0 Å². The van der Waals surface area contributed by atoms with Gasteiger partial charge in [0, 0.05) is 35.9 Å². The van der Waals surface area contributed by atoms with Gasteiger partial charge in [-0.3, -0.25) is 9.97 Å². The van der Waals surface area contributed by atoms with E-state index < -0.39 is 0 Å². The van der Waals surface area contributed by atoms with Crippen LogP contribution in [0.25, 0.3) is 21.1 Å². The molecule has 3 aromatic heterocycles. The van der Waals surface area contributed by atoms with E-state index in [2.05, 4.69) is 36.6 Å². The zero-order valence-electron chi connectivity index (χ0n) is 17.8. The Morgan fingerprint density at radius 1 is 0.733 bits per heavy atom. The van der Waals surface area contributed by atoms with Crippen molar-refractivity contribution in [3.05, 3.63) is 45.4 Å². The van der Waals surface area contributed by atoms with Gasteiger partial charge in [-0.1, -0.05) is 0 Å². The zero-order chi connectivity index (χ0) is 21.3.